The van der Waals surface area contributed by atoms with Crippen molar-refractivity contribution < 1.29 is 18.0 Å². The van der Waals surface area contributed by atoms with E-state index in [9.17, 15) is 18.0 Å². The summed E-state index contributed by atoms with van der Waals surface area (Å²) in [6.07, 6.45) is 0. The lowest BCUT2D eigenvalue weighted by atomic mass is 10.1. The highest BCUT2D eigenvalue weighted by atomic mass is 32.2. The van der Waals surface area contributed by atoms with Crippen molar-refractivity contribution in [3.8, 4) is 0 Å². The van der Waals surface area contributed by atoms with E-state index in [0.717, 1.165) is 21.0 Å². The Bertz CT molecular complexity index is 1360. The zero-order valence-corrected chi connectivity index (χ0v) is 23.7. The number of anilines is 1. The lowest BCUT2D eigenvalue weighted by Gasteiger charge is -2.33. The van der Waals surface area contributed by atoms with Crippen LogP contribution in [0.5, 0.6) is 0 Å². The summed E-state index contributed by atoms with van der Waals surface area (Å²) in [6, 6.07) is 22.1. The third-order valence-electron chi connectivity index (χ3n) is 6.04. The van der Waals surface area contributed by atoms with E-state index in [1.165, 1.54) is 4.90 Å². The molecule has 2 amide bonds. The quantitative estimate of drug-likeness (QED) is 0.425. The summed E-state index contributed by atoms with van der Waals surface area (Å²) in [7, 11) is -4.08. The molecule has 0 heterocycles. The van der Waals surface area contributed by atoms with E-state index in [-0.39, 0.29) is 17.3 Å². The summed E-state index contributed by atoms with van der Waals surface area (Å²) in [6.45, 7) is 10.7. The molecule has 8 heteroatoms. The number of aryl methyl sites for hydroxylation is 2. The second kappa shape index (κ2) is 11.8. The van der Waals surface area contributed by atoms with Gasteiger partial charge in [0.2, 0.25) is 11.8 Å². The fraction of sp³-hybridized carbons (Fsp3) is 0.333. The number of amides is 2. The van der Waals surface area contributed by atoms with Crippen molar-refractivity contribution in [2.45, 2.75) is 64.6 Å². The van der Waals surface area contributed by atoms with Crippen LogP contribution in [0.1, 0.15) is 44.4 Å². The molecular formula is C30H37N3O4S. The number of hydrogen-bond donors (Lipinski definition) is 1. The molecule has 1 N–H and O–H groups in total. The first-order chi connectivity index (χ1) is 17.8. The number of sulfonamides is 1. The van der Waals surface area contributed by atoms with Crippen LogP contribution >= 0.6 is 0 Å². The van der Waals surface area contributed by atoms with Crippen LogP contribution in [0.4, 0.5) is 5.69 Å². The highest BCUT2D eigenvalue weighted by Gasteiger charge is 2.33. The van der Waals surface area contributed by atoms with Crippen LogP contribution in [0.15, 0.2) is 83.8 Å². The predicted molar refractivity (Wildman–Crippen MR) is 151 cm³/mol. The number of carbonyl (C=O) groups excluding carboxylic acids is 2. The lowest BCUT2D eigenvalue weighted by Crippen LogP contribution is -2.54. The first-order valence-corrected chi connectivity index (χ1v) is 14.0. The molecular weight excluding hydrogens is 498 g/mol. The van der Waals surface area contributed by atoms with Crippen molar-refractivity contribution >= 4 is 27.5 Å². The van der Waals surface area contributed by atoms with E-state index in [4.69, 9.17) is 0 Å². The lowest BCUT2D eigenvalue weighted by molar-refractivity contribution is -0.140. The van der Waals surface area contributed by atoms with Crippen LogP contribution in [0, 0.1) is 13.8 Å². The van der Waals surface area contributed by atoms with Gasteiger partial charge in [0.15, 0.2) is 0 Å². The second-order valence-electron chi connectivity index (χ2n) is 10.6. The standard InChI is InChI=1S/C30H37N3O4S/c1-22-15-17-27(18-16-22)38(36,37)33(26-14-10-11-23(2)19-26)21-28(34)32(20-25-12-8-7-9-13-25)24(3)29(35)31-30(4,5)6/h7-19,24H,20-21H2,1-6H3,(H,31,35)/t24-/m1/s1. The Labute approximate surface area is 226 Å². The first-order valence-electron chi connectivity index (χ1n) is 12.6. The van der Waals surface area contributed by atoms with E-state index in [2.05, 4.69) is 5.32 Å². The highest BCUT2D eigenvalue weighted by molar-refractivity contribution is 7.92. The third-order valence-corrected chi connectivity index (χ3v) is 7.83. The van der Waals surface area contributed by atoms with Crippen LogP contribution in [-0.4, -0.2) is 43.3 Å². The molecule has 0 unspecified atom stereocenters. The maximum Gasteiger partial charge on any atom is 0.264 e. The van der Waals surface area contributed by atoms with Gasteiger partial charge in [0.05, 0.1) is 10.6 Å². The average Bonchev–Trinajstić information content (AvgIpc) is 2.85. The molecule has 7 nitrogen and oxygen atoms in total. The van der Waals surface area contributed by atoms with Gasteiger partial charge in [0, 0.05) is 12.1 Å². The molecule has 0 aliphatic heterocycles. The number of nitrogens with one attached hydrogen (secondary N) is 1. The minimum atomic E-state index is -4.08. The second-order valence-corrected chi connectivity index (χ2v) is 12.4. The highest BCUT2D eigenvalue weighted by Crippen LogP contribution is 2.25. The predicted octanol–water partition coefficient (Wildman–Crippen LogP) is 4.83. The van der Waals surface area contributed by atoms with E-state index in [1.807, 2.05) is 71.0 Å². The Morgan fingerprint density at radius 2 is 1.50 bits per heavy atom. The van der Waals surface area contributed by atoms with Crippen LogP contribution in [0.3, 0.4) is 0 Å². The van der Waals surface area contributed by atoms with Crippen LogP contribution in [0.2, 0.25) is 0 Å². The zero-order valence-electron chi connectivity index (χ0n) is 22.9. The molecule has 0 aromatic heterocycles. The SMILES string of the molecule is Cc1ccc(S(=O)(=O)N(CC(=O)N(Cc2ccccc2)[C@H](C)C(=O)NC(C)(C)C)c2cccc(C)c2)cc1. The summed E-state index contributed by atoms with van der Waals surface area (Å²) in [5, 5.41) is 2.93. The molecule has 3 aromatic carbocycles. The molecule has 0 aliphatic carbocycles. The van der Waals surface area contributed by atoms with Crippen LogP contribution in [0.25, 0.3) is 0 Å². The monoisotopic (exact) mass is 535 g/mol. The van der Waals surface area contributed by atoms with Crippen LogP contribution < -0.4 is 9.62 Å². The molecule has 38 heavy (non-hydrogen) atoms. The van der Waals surface area contributed by atoms with Gasteiger partial charge in [-0.15, -0.1) is 0 Å². The fourth-order valence-corrected chi connectivity index (χ4v) is 5.39. The van der Waals surface area contributed by atoms with Gasteiger partial charge in [-0.25, -0.2) is 8.42 Å². The summed E-state index contributed by atoms with van der Waals surface area (Å²) in [5.41, 5.74) is 2.51. The maximum atomic E-state index is 13.9. The van der Waals surface area contributed by atoms with E-state index >= 15 is 0 Å². The Balaban J connectivity index is 2.03. The Morgan fingerprint density at radius 3 is 2.08 bits per heavy atom. The van der Waals surface area contributed by atoms with Gasteiger partial charge < -0.3 is 10.2 Å². The van der Waals surface area contributed by atoms with Gasteiger partial charge in [0.25, 0.3) is 10.0 Å². The van der Waals surface area contributed by atoms with Gasteiger partial charge in [-0.05, 0) is 76.9 Å². The fourth-order valence-electron chi connectivity index (χ4n) is 3.99. The number of rotatable bonds is 9. The molecule has 0 saturated carbocycles. The summed E-state index contributed by atoms with van der Waals surface area (Å²) in [5.74, 6) is -0.798. The smallest absolute Gasteiger partial charge is 0.264 e. The molecule has 0 radical (unpaired) electrons. The third kappa shape index (κ3) is 7.44. The maximum absolute atomic E-state index is 13.9. The minimum Gasteiger partial charge on any atom is -0.350 e. The first kappa shape index (κ1) is 28.9. The van der Waals surface area contributed by atoms with Crippen molar-refractivity contribution in [2.75, 3.05) is 10.8 Å². The molecule has 0 fully saturated rings. The molecule has 0 aliphatic rings. The van der Waals surface area contributed by atoms with Gasteiger partial charge in [-0.3, -0.25) is 13.9 Å². The van der Waals surface area contributed by atoms with Gasteiger partial charge in [-0.2, -0.15) is 0 Å². The van der Waals surface area contributed by atoms with Crippen molar-refractivity contribution in [1.29, 1.82) is 0 Å². The summed E-state index contributed by atoms with van der Waals surface area (Å²) < 4.78 is 28.8. The van der Waals surface area contributed by atoms with E-state index in [0.29, 0.717) is 5.69 Å². The van der Waals surface area contributed by atoms with Crippen molar-refractivity contribution in [2.24, 2.45) is 0 Å². The number of nitrogens with zero attached hydrogens (tertiary/aromatic N) is 2. The minimum absolute atomic E-state index is 0.0885. The zero-order chi connectivity index (χ0) is 28.1. The molecule has 0 spiro atoms. The average molecular weight is 536 g/mol. The summed E-state index contributed by atoms with van der Waals surface area (Å²) >= 11 is 0. The molecule has 202 valence electrons. The summed E-state index contributed by atoms with van der Waals surface area (Å²) in [4.78, 5) is 28.5. The molecule has 1 atom stereocenters. The normalized spacial score (nSPS) is 12.5. The van der Waals surface area contributed by atoms with Gasteiger partial charge in [-0.1, -0.05) is 60.2 Å². The van der Waals surface area contributed by atoms with Crippen LogP contribution in [-0.2, 0) is 26.2 Å². The molecule has 3 aromatic rings. The Hall–Kier alpha value is -3.65. The Morgan fingerprint density at radius 1 is 0.868 bits per heavy atom. The van der Waals surface area contributed by atoms with Crippen molar-refractivity contribution in [3.63, 3.8) is 0 Å². The van der Waals surface area contributed by atoms with Crippen molar-refractivity contribution in [3.05, 3.63) is 95.6 Å². The van der Waals surface area contributed by atoms with Gasteiger partial charge >= 0.3 is 0 Å². The van der Waals surface area contributed by atoms with Crippen molar-refractivity contribution in [1.82, 2.24) is 10.2 Å². The number of hydrogen-bond acceptors (Lipinski definition) is 4. The van der Waals surface area contributed by atoms with E-state index < -0.39 is 34.1 Å². The van der Waals surface area contributed by atoms with Gasteiger partial charge in [0.1, 0.15) is 12.6 Å². The molecule has 0 bridgehead atoms. The number of benzene rings is 3. The van der Waals surface area contributed by atoms with E-state index in [1.54, 1.807) is 49.4 Å². The topological polar surface area (TPSA) is 86.8 Å². The Kier molecular flexibility index (Phi) is 8.99. The molecule has 3 rings (SSSR count). The molecule has 0 saturated heterocycles. The number of carbonyl (C=O) groups is 2. The largest absolute Gasteiger partial charge is 0.350 e.